The van der Waals surface area contributed by atoms with Crippen LogP contribution in [0, 0.1) is 11.7 Å². The molecule has 1 aromatic rings. The molecule has 0 atom stereocenters. The molecule has 0 aromatic heterocycles. The minimum Gasteiger partial charge on any atom is -0.368 e. The normalized spacial score (nSPS) is 19.4. The van der Waals surface area contributed by atoms with Crippen molar-refractivity contribution in [2.45, 2.75) is 37.6 Å². The number of alkyl halides is 1. The molecule has 0 unspecified atom stereocenters. The number of hydrogen-bond donors (Lipinski definition) is 0. The maximum absolute atomic E-state index is 13.7. The fourth-order valence-electron chi connectivity index (χ4n) is 2.36. The van der Waals surface area contributed by atoms with Crippen LogP contribution in [0.3, 0.4) is 0 Å². The van der Waals surface area contributed by atoms with Gasteiger partial charge in [0.1, 0.15) is 5.82 Å². The lowest BCUT2D eigenvalue weighted by Gasteiger charge is -2.27. The van der Waals surface area contributed by atoms with E-state index >= 15 is 0 Å². The zero-order valence-corrected chi connectivity index (χ0v) is 10.6. The van der Waals surface area contributed by atoms with Crippen LogP contribution in [0.15, 0.2) is 18.2 Å². The van der Waals surface area contributed by atoms with E-state index in [4.69, 9.17) is 11.6 Å². The molecule has 3 rings (SSSR count). The molecule has 2 fully saturated rings. The summed E-state index contributed by atoms with van der Waals surface area (Å²) in [7, 11) is 0. The van der Waals surface area contributed by atoms with Gasteiger partial charge in [-0.1, -0.05) is 6.07 Å². The van der Waals surface area contributed by atoms with Gasteiger partial charge < -0.3 is 4.90 Å². The summed E-state index contributed by atoms with van der Waals surface area (Å²) >= 11 is 5.89. The molecule has 17 heavy (non-hydrogen) atoms. The Morgan fingerprint density at radius 3 is 2.59 bits per heavy atom. The molecular formula is C14H17ClFN. The van der Waals surface area contributed by atoms with Gasteiger partial charge in [0.2, 0.25) is 0 Å². The number of rotatable bonds is 5. The van der Waals surface area contributed by atoms with Crippen LogP contribution in [-0.2, 0) is 5.88 Å². The first-order chi connectivity index (χ1) is 8.29. The zero-order valence-electron chi connectivity index (χ0n) is 9.83. The highest BCUT2D eigenvalue weighted by atomic mass is 35.5. The largest absolute Gasteiger partial charge is 0.368 e. The SMILES string of the molecule is Fc1cccc(N(CC2CC2)C2CC2)c1CCl. The van der Waals surface area contributed by atoms with Crippen LogP contribution in [0.1, 0.15) is 31.2 Å². The van der Waals surface area contributed by atoms with Crippen LogP contribution >= 0.6 is 11.6 Å². The molecule has 92 valence electrons. The van der Waals surface area contributed by atoms with Gasteiger partial charge in [0.05, 0.1) is 5.88 Å². The summed E-state index contributed by atoms with van der Waals surface area (Å²) in [5, 5.41) is 0. The lowest BCUT2D eigenvalue weighted by atomic mass is 10.1. The average Bonchev–Trinajstić information content (AvgIpc) is 3.17. The molecule has 2 aliphatic carbocycles. The molecule has 0 heterocycles. The van der Waals surface area contributed by atoms with Gasteiger partial charge in [-0.25, -0.2) is 4.39 Å². The molecule has 1 aromatic carbocycles. The van der Waals surface area contributed by atoms with Crippen molar-refractivity contribution < 1.29 is 4.39 Å². The minimum absolute atomic E-state index is 0.168. The van der Waals surface area contributed by atoms with Crippen molar-refractivity contribution in [3.8, 4) is 0 Å². The van der Waals surface area contributed by atoms with E-state index in [1.807, 2.05) is 6.07 Å². The van der Waals surface area contributed by atoms with Gasteiger partial charge in [-0.15, -0.1) is 11.6 Å². The van der Waals surface area contributed by atoms with Crippen LogP contribution < -0.4 is 4.90 Å². The standard InChI is InChI=1S/C14H17ClFN/c15-8-12-13(16)2-1-3-14(12)17(11-6-7-11)9-10-4-5-10/h1-3,10-11H,4-9H2. The van der Waals surface area contributed by atoms with Gasteiger partial charge in [0.25, 0.3) is 0 Å². The highest BCUT2D eigenvalue weighted by Crippen LogP contribution is 2.39. The Labute approximate surface area is 107 Å². The first kappa shape index (κ1) is 11.3. The van der Waals surface area contributed by atoms with Crippen LogP contribution in [-0.4, -0.2) is 12.6 Å². The van der Waals surface area contributed by atoms with Crippen molar-refractivity contribution in [2.75, 3.05) is 11.4 Å². The van der Waals surface area contributed by atoms with E-state index in [-0.39, 0.29) is 11.7 Å². The second-order valence-corrected chi connectivity index (χ2v) is 5.47. The molecule has 0 radical (unpaired) electrons. The van der Waals surface area contributed by atoms with E-state index in [1.165, 1.54) is 31.7 Å². The highest BCUT2D eigenvalue weighted by Gasteiger charge is 2.34. The Kier molecular flexibility index (Phi) is 2.99. The summed E-state index contributed by atoms with van der Waals surface area (Å²) in [6, 6.07) is 5.94. The van der Waals surface area contributed by atoms with Crippen LogP contribution in [0.25, 0.3) is 0 Å². The molecule has 0 N–H and O–H groups in total. The van der Waals surface area contributed by atoms with E-state index in [0.717, 1.165) is 18.2 Å². The molecule has 0 aliphatic heterocycles. The first-order valence-electron chi connectivity index (χ1n) is 6.39. The Morgan fingerprint density at radius 2 is 2.00 bits per heavy atom. The van der Waals surface area contributed by atoms with Gasteiger partial charge in [-0.05, 0) is 43.7 Å². The van der Waals surface area contributed by atoms with Crippen molar-refractivity contribution in [3.63, 3.8) is 0 Å². The molecule has 0 saturated heterocycles. The second kappa shape index (κ2) is 4.49. The van der Waals surface area contributed by atoms with Crippen molar-refractivity contribution in [1.29, 1.82) is 0 Å². The summed E-state index contributed by atoms with van der Waals surface area (Å²) in [5.41, 5.74) is 1.69. The maximum atomic E-state index is 13.7. The lowest BCUT2D eigenvalue weighted by Crippen LogP contribution is -2.29. The summed E-state index contributed by atoms with van der Waals surface area (Å²) in [5.74, 6) is 0.914. The fourth-order valence-corrected chi connectivity index (χ4v) is 2.62. The Morgan fingerprint density at radius 1 is 1.24 bits per heavy atom. The Balaban J connectivity index is 1.90. The van der Waals surface area contributed by atoms with E-state index in [0.29, 0.717) is 11.6 Å². The molecule has 2 saturated carbocycles. The summed E-state index contributed by atoms with van der Waals surface area (Å²) in [6.07, 6.45) is 5.14. The van der Waals surface area contributed by atoms with E-state index in [2.05, 4.69) is 4.90 Å². The fraction of sp³-hybridized carbons (Fsp3) is 0.571. The number of hydrogen-bond acceptors (Lipinski definition) is 1. The molecule has 3 heteroatoms. The number of halogens is 2. The monoisotopic (exact) mass is 253 g/mol. The van der Waals surface area contributed by atoms with Gasteiger partial charge >= 0.3 is 0 Å². The summed E-state index contributed by atoms with van der Waals surface area (Å²) in [4.78, 5) is 2.39. The minimum atomic E-state index is -0.168. The first-order valence-corrected chi connectivity index (χ1v) is 6.93. The van der Waals surface area contributed by atoms with Crippen molar-refractivity contribution in [2.24, 2.45) is 5.92 Å². The zero-order chi connectivity index (χ0) is 11.8. The van der Waals surface area contributed by atoms with Crippen molar-refractivity contribution >= 4 is 17.3 Å². The van der Waals surface area contributed by atoms with Crippen molar-refractivity contribution in [3.05, 3.63) is 29.6 Å². The second-order valence-electron chi connectivity index (χ2n) is 5.20. The molecule has 0 spiro atoms. The quantitative estimate of drug-likeness (QED) is 0.719. The van der Waals surface area contributed by atoms with E-state index in [1.54, 1.807) is 6.07 Å². The van der Waals surface area contributed by atoms with Crippen LogP contribution in [0.4, 0.5) is 10.1 Å². The van der Waals surface area contributed by atoms with Crippen molar-refractivity contribution in [1.82, 2.24) is 0 Å². The van der Waals surface area contributed by atoms with Gasteiger partial charge in [-0.2, -0.15) is 0 Å². The number of nitrogens with zero attached hydrogens (tertiary/aromatic N) is 1. The summed E-state index contributed by atoms with van der Waals surface area (Å²) in [6.45, 7) is 1.08. The Hall–Kier alpha value is -0.760. The van der Waals surface area contributed by atoms with Gasteiger partial charge in [-0.3, -0.25) is 0 Å². The molecule has 2 aliphatic rings. The smallest absolute Gasteiger partial charge is 0.129 e. The predicted molar refractivity (Wildman–Crippen MR) is 69.0 cm³/mol. The topological polar surface area (TPSA) is 3.24 Å². The van der Waals surface area contributed by atoms with Crippen LogP contribution in [0.5, 0.6) is 0 Å². The van der Waals surface area contributed by atoms with Crippen LogP contribution in [0.2, 0.25) is 0 Å². The third-order valence-corrected chi connectivity index (χ3v) is 3.94. The molecular weight excluding hydrogens is 237 g/mol. The van der Waals surface area contributed by atoms with Gasteiger partial charge in [0, 0.05) is 23.8 Å². The Bertz CT molecular complexity index is 413. The maximum Gasteiger partial charge on any atom is 0.129 e. The highest BCUT2D eigenvalue weighted by molar-refractivity contribution is 6.17. The number of anilines is 1. The molecule has 0 amide bonds. The van der Waals surface area contributed by atoms with E-state index < -0.39 is 0 Å². The third-order valence-electron chi connectivity index (χ3n) is 3.68. The summed E-state index contributed by atoms with van der Waals surface area (Å²) < 4.78 is 13.7. The lowest BCUT2D eigenvalue weighted by molar-refractivity contribution is 0.613. The molecule has 0 bridgehead atoms. The predicted octanol–water partition coefficient (Wildman–Crippen LogP) is 3.94. The average molecular weight is 254 g/mol. The van der Waals surface area contributed by atoms with E-state index in [9.17, 15) is 4.39 Å². The molecule has 1 nitrogen and oxygen atoms in total. The number of benzene rings is 1. The van der Waals surface area contributed by atoms with Gasteiger partial charge in [0.15, 0.2) is 0 Å². The third kappa shape index (κ3) is 2.42.